The molecule has 2 aromatic carbocycles. The fourth-order valence-corrected chi connectivity index (χ4v) is 4.53. The van der Waals surface area contributed by atoms with Gasteiger partial charge in [-0.3, -0.25) is 4.79 Å². The minimum absolute atomic E-state index is 0.0969. The van der Waals surface area contributed by atoms with Crippen LogP contribution in [0.3, 0.4) is 0 Å². The van der Waals surface area contributed by atoms with E-state index in [1.54, 1.807) is 23.1 Å². The first-order valence-corrected chi connectivity index (χ1v) is 11.5. The molecule has 35 heavy (non-hydrogen) atoms. The molecule has 1 saturated heterocycles. The van der Waals surface area contributed by atoms with Crippen LogP contribution in [0.1, 0.15) is 27.3 Å². The number of amides is 1. The summed E-state index contributed by atoms with van der Waals surface area (Å²) in [5.41, 5.74) is 4.83. The Morgan fingerprint density at radius 2 is 1.63 bits per heavy atom. The lowest BCUT2D eigenvalue weighted by Gasteiger charge is -2.36. The van der Waals surface area contributed by atoms with Crippen molar-refractivity contribution < 1.29 is 14.3 Å². The molecule has 178 valence electrons. The van der Waals surface area contributed by atoms with E-state index in [0.29, 0.717) is 37.4 Å². The second-order valence-corrected chi connectivity index (χ2v) is 8.46. The molecule has 7 nitrogen and oxygen atoms in total. The first-order chi connectivity index (χ1) is 16.9. The van der Waals surface area contributed by atoms with Gasteiger partial charge in [-0.05, 0) is 55.8 Å². The molecule has 7 heteroatoms. The first kappa shape index (κ1) is 23.8. The van der Waals surface area contributed by atoms with E-state index in [1.807, 2.05) is 54.8 Å². The van der Waals surface area contributed by atoms with Gasteiger partial charge >= 0.3 is 5.97 Å². The van der Waals surface area contributed by atoms with Crippen LogP contribution >= 0.6 is 0 Å². The molecule has 0 spiro atoms. The number of carbonyl (C=O) groups is 2. The van der Waals surface area contributed by atoms with Crippen LogP contribution in [0.4, 0.5) is 5.69 Å². The summed E-state index contributed by atoms with van der Waals surface area (Å²) in [7, 11) is 1.35. The van der Waals surface area contributed by atoms with Gasteiger partial charge in [0, 0.05) is 43.3 Å². The van der Waals surface area contributed by atoms with Crippen molar-refractivity contribution in [3.63, 3.8) is 0 Å². The van der Waals surface area contributed by atoms with Crippen LogP contribution in [0, 0.1) is 25.2 Å². The largest absolute Gasteiger partial charge is 0.465 e. The van der Waals surface area contributed by atoms with E-state index in [0.717, 1.165) is 22.6 Å². The predicted molar refractivity (Wildman–Crippen MR) is 135 cm³/mol. The summed E-state index contributed by atoms with van der Waals surface area (Å²) >= 11 is 0. The third kappa shape index (κ3) is 4.82. The Morgan fingerprint density at radius 1 is 0.971 bits per heavy atom. The van der Waals surface area contributed by atoms with Crippen LogP contribution in [0.5, 0.6) is 0 Å². The van der Waals surface area contributed by atoms with Gasteiger partial charge in [0.2, 0.25) is 0 Å². The van der Waals surface area contributed by atoms with Gasteiger partial charge in [0.1, 0.15) is 11.6 Å². The number of anilines is 1. The molecule has 0 unspecified atom stereocenters. The SMILES string of the molecule is COC(=O)c1ccccc1-n1c(C)cc(/C=C(/C#N)C(=O)N2CCN(c3ccccc3)CC2)c1C. The van der Waals surface area contributed by atoms with Crippen molar-refractivity contribution in [2.75, 3.05) is 38.2 Å². The second-order valence-electron chi connectivity index (χ2n) is 8.46. The van der Waals surface area contributed by atoms with Crippen molar-refractivity contribution in [2.45, 2.75) is 13.8 Å². The number of hydrogen-bond donors (Lipinski definition) is 0. The van der Waals surface area contributed by atoms with Gasteiger partial charge in [-0.2, -0.15) is 5.26 Å². The third-order valence-electron chi connectivity index (χ3n) is 6.36. The highest BCUT2D eigenvalue weighted by molar-refractivity contribution is 6.02. The van der Waals surface area contributed by atoms with E-state index < -0.39 is 5.97 Å². The van der Waals surface area contributed by atoms with Crippen molar-refractivity contribution in [3.05, 3.63) is 88.8 Å². The van der Waals surface area contributed by atoms with E-state index in [4.69, 9.17) is 4.74 Å². The van der Waals surface area contributed by atoms with Crippen molar-refractivity contribution in [3.8, 4) is 11.8 Å². The number of para-hydroxylation sites is 2. The predicted octanol–water partition coefficient (Wildman–Crippen LogP) is 4.14. The number of nitriles is 1. The average molecular weight is 469 g/mol. The Bertz CT molecular complexity index is 1310. The molecule has 0 bridgehead atoms. The molecule has 0 atom stereocenters. The summed E-state index contributed by atoms with van der Waals surface area (Å²) in [6.07, 6.45) is 1.64. The number of methoxy groups -OCH3 is 1. The molecule has 2 heterocycles. The summed E-state index contributed by atoms with van der Waals surface area (Å²) in [5.74, 6) is -0.687. The van der Waals surface area contributed by atoms with Gasteiger partial charge in [-0.1, -0.05) is 30.3 Å². The molecule has 0 N–H and O–H groups in total. The number of benzene rings is 2. The Morgan fingerprint density at radius 3 is 2.29 bits per heavy atom. The number of ether oxygens (including phenoxy) is 1. The van der Waals surface area contributed by atoms with E-state index in [2.05, 4.69) is 23.1 Å². The quantitative estimate of drug-likeness (QED) is 0.320. The molecule has 0 aliphatic carbocycles. The van der Waals surface area contributed by atoms with Crippen LogP contribution in [0.2, 0.25) is 0 Å². The lowest BCUT2D eigenvalue weighted by molar-refractivity contribution is -0.126. The lowest BCUT2D eigenvalue weighted by atomic mass is 10.1. The van der Waals surface area contributed by atoms with Crippen molar-refractivity contribution in [1.82, 2.24) is 9.47 Å². The van der Waals surface area contributed by atoms with Gasteiger partial charge in [0.25, 0.3) is 5.91 Å². The number of esters is 1. The Hall–Kier alpha value is -4.31. The summed E-state index contributed by atoms with van der Waals surface area (Å²) < 4.78 is 6.88. The molecule has 3 aromatic rings. The number of aryl methyl sites for hydroxylation is 1. The molecule has 1 aliphatic rings. The molecule has 1 aromatic heterocycles. The molecule has 1 fully saturated rings. The molecule has 1 aliphatic heterocycles. The Balaban J connectivity index is 1.57. The maximum Gasteiger partial charge on any atom is 0.339 e. The molecular weight excluding hydrogens is 440 g/mol. The van der Waals surface area contributed by atoms with E-state index in [9.17, 15) is 14.9 Å². The monoisotopic (exact) mass is 468 g/mol. The minimum Gasteiger partial charge on any atom is -0.465 e. The maximum atomic E-state index is 13.2. The Kier molecular flexibility index (Phi) is 7.02. The summed E-state index contributed by atoms with van der Waals surface area (Å²) in [6, 6.07) is 21.3. The topological polar surface area (TPSA) is 78.6 Å². The van der Waals surface area contributed by atoms with Crippen LogP contribution in [0.25, 0.3) is 11.8 Å². The standard InChI is InChI=1S/C28H28N4O3/c1-20-17-22(21(2)32(20)26-12-8-7-11-25(26)28(34)35-3)18-23(19-29)27(33)31-15-13-30(14-16-31)24-9-5-4-6-10-24/h4-12,17-18H,13-16H2,1-3H3/b23-18-. The lowest BCUT2D eigenvalue weighted by Crippen LogP contribution is -2.49. The summed E-state index contributed by atoms with van der Waals surface area (Å²) in [5, 5.41) is 9.81. The zero-order chi connectivity index (χ0) is 24.9. The molecule has 0 saturated carbocycles. The number of carbonyl (C=O) groups excluding carboxylic acids is 2. The van der Waals surface area contributed by atoms with E-state index >= 15 is 0 Å². The van der Waals surface area contributed by atoms with Crippen molar-refractivity contribution in [1.29, 1.82) is 5.26 Å². The third-order valence-corrected chi connectivity index (χ3v) is 6.36. The van der Waals surface area contributed by atoms with Crippen molar-refractivity contribution >= 4 is 23.6 Å². The smallest absolute Gasteiger partial charge is 0.339 e. The molecular formula is C28H28N4O3. The number of nitrogens with zero attached hydrogens (tertiary/aromatic N) is 4. The van der Waals surface area contributed by atoms with Crippen LogP contribution in [-0.2, 0) is 9.53 Å². The highest BCUT2D eigenvalue weighted by Crippen LogP contribution is 2.26. The zero-order valence-electron chi connectivity index (χ0n) is 20.2. The number of hydrogen-bond acceptors (Lipinski definition) is 5. The van der Waals surface area contributed by atoms with E-state index in [1.165, 1.54) is 7.11 Å². The molecule has 1 amide bonds. The van der Waals surface area contributed by atoms with Gasteiger partial charge < -0.3 is 19.1 Å². The zero-order valence-corrected chi connectivity index (χ0v) is 20.2. The fourth-order valence-electron chi connectivity index (χ4n) is 4.53. The van der Waals surface area contributed by atoms with Gasteiger partial charge in [0.05, 0.1) is 18.4 Å². The highest BCUT2D eigenvalue weighted by Gasteiger charge is 2.24. The number of rotatable bonds is 5. The summed E-state index contributed by atoms with van der Waals surface area (Å²) in [4.78, 5) is 29.5. The Labute approximate surface area is 205 Å². The summed E-state index contributed by atoms with van der Waals surface area (Å²) in [6.45, 7) is 6.37. The maximum absolute atomic E-state index is 13.2. The molecule has 4 rings (SSSR count). The van der Waals surface area contributed by atoms with Crippen LogP contribution in [-0.4, -0.2) is 54.6 Å². The number of piperazine rings is 1. The van der Waals surface area contributed by atoms with Gasteiger partial charge in [0.15, 0.2) is 0 Å². The van der Waals surface area contributed by atoms with Crippen LogP contribution < -0.4 is 4.90 Å². The first-order valence-electron chi connectivity index (χ1n) is 11.5. The second kappa shape index (κ2) is 10.3. The minimum atomic E-state index is -0.423. The fraction of sp³-hybridized carbons (Fsp3) is 0.250. The normalized spacial score (nSPS) is 13.9. The highest BCUT2D eigenvalue weighted by atomic mass is 16.5. The van der Waals surface area contributed by atoms with Gasteiger partial charge in [-0.25, -0.2) is 4.79 Å². The van der Waals surface area contributed by atoms with E-state index in [-0.39, 0.29) is 11.5 Å². The molecule has 0 radical (unpaired) electrons. The van der Waals surface area contributed by atoms with Gasteiger partial charge in [-0.15, -0.1) is 0 Å². The van der Waals surface area contributed by atoms with Crippen molar-refractivity contribution in [2.24, 2.45) is 0 Å². The number of aromatic nitrogens is 1. The van der Waals surface area contributed by atoms with Crippen LogP contribution in [0.15, 0.2) is 66.2 Å². The average Bonchev–Trinajstić information content (AvgIpc) is 3.19.